The summed E-state index contributed by atoms with van der Waals surface area (Å²) in [6.07, 6.45) is 3.43. The van der Waals surface area contributed by atoms with Gasteiger partial charge >= 0.3 is 0 Å². The van der Waals surface area contributed by atoms with Crippen LogP contribution in [0.3, 0.4) is 0 Å². The molecule has 3 aromatic heterocycles. The highest BCUT2D eigenvalue weighted by Crippen LogP contribution is 2.33. The Morgan fingerprint density at radius 2 is 1.89 bits per heavy atom. The van der Waals surface area contributed by atoms with Crippen LogP contribution in [0.4, 0.5) is 11.6 Å². The average Bonchev–Trinajstić information content (AvgIpc) is 2.96. The van der Waals surface area contributed by atoms with Gasteiger partial charge < -0.3 is 15.4 Å². The zero-order chi connectivity index (χ0) is 19.6. The minimum absolute atomic E-state index is 0.219. The molecule has 0 aliphatic rings. The number of fused-ring (bicyclic) bond motifs is 1. The molecule has 0 bridgehead atoms. The van der Waals surface area contributed by atoms with Gasteiger partial charge in [0.25, 0.3) is 0 Å². The van der Waals surface area contributed by atoms with E-state index in [9.17, 15) is 0 Å². The Balaban J connectivity index is 2.01. The fraction of sp³-hybridized carbons (Fsp3) is 0.444. The van der Waals surface area contributed by atoms with Crippen LogP contribution >= 0.6 is 0 Å². The van der Waals surface area contributed by atoms with Crippen LogP contribution in [0.15, 0.2) is 24.5 Å². The largest absolute Gasteiger partial charge is 0.377 e. The van der Waals surface area contributed by atoms with Crippen molar-refractivity contribution in [2.45, 2.75) is 32.4 Å². The monoisotopic (exact) mass is 385 g/mol. The van der Waals surface area contributed by atoms with E-state index in [1.807, 2.05) is 25.1 Å². The van der Waals surface area contributed by atoms with E-state index in [2.05, 4.69) is 34.6 Å². The molecule has 3 aromatic rings. The second-order valence-electron chi connectivity index (χ2n) is 7.92. The van der Waals surface area contributed by atoms with Crippen LogP contribution in [0.25, 0.3) is 22.4 Å². The van der Waals surface area contributed by atoms with Crippen molar-refractivity contribution in [3.63, 3.8) is 0 Å². The Kier molecular flexibility index (Phi) is 5.42. The maximum absolute atomic E-state index is 5.90. The van der Waals surface area contributed by atoms with Gasteiger partial charge in [0, 0.05) is 41.2 Å². The Morgan fingerprint density at radius 3 is 2.56 bits per heavy atom. The number of pyridine rings is 1. The number of rotatable bonds is 7. The van der Waals surface area contributed by atoms with Gasteiger partial charge in [-0.3, -0.25) is 0 Å². The lowest BCUT2D eigenvalue weighted by atomic mass is 10.1. The van der Waals surface area contributed by atoms with E-state index in [1.165, 1.54) is 0 Å². The van der Waals surface area contributed by atoms with E-state index in [-0.39, 0.29) is 5.95 Å². The number of anilines is 2. The molecule has 0 aromatic carbocycles. The summed E-state index contributed by atoms with van der Waals surface area (Å²) in [6, 6.07) is 4.88. The standard InChI is InChI=1S/C18H27N7OSi/c1-24(2)14-7-9-20-17-15(14)16(13-6-8-21-18(19)22-13)23-25(17)12-26-10-11-27(3,4)5/h6-9H,10-12H2,1-5H3,(H2,19,21,22). The van der Waals surface area contributed by atoms with Crippen molar-refractivity contribution in [3.8, 4) is 11.4 Å². The Bertz CT molecular complexity index is 933. The van der Waals surface area contributed by atoms with Gasteiger partial charge in [-0.05, 0) is 18.2 Å². The van der Waals surface area contributed by atoms with Gasteiger partial charge in [0.1, 0.15) is 12.4 Å². The smallest absolute Gasteiger partial charge is 0.220 e. The molecule has 0 radical (unpaired) electrons. The Morgan fingerprint density at radius 1 is 1.15 bits per heavy atom. The van der Waals surface area contributed by atoms with Gasteiger partial charge in [0.2, 0.25) is 5.95 Å². The van der Waals surface area contributed by atoms with Crippen molar-refractivity contribution in [1.29, 1.82) is 0 Å². The van der Waals surface area contributed by atoms with Crippen LogP contribution in [0.1, 0.15) is 0 Å². The summed E-state index contributed by atoms with van der Waals surface area (Å²) >= 11 is 0. The maximum atomic E-state index is 5.90. The molecule has 0 atom stereocenters. The highest BCUT2D eigenvalue weighted by atomic mass is 28.3. The van der Waals surface area contributed by atoms with Crippen molar-refractivity contribution in [1.82, 2.24) is 24.7 Å². The lowest BCUT2D eigenvalue weighted by molar-refractivity contribution is 0.0814. The van der Waals surface area contributed by atoms with Crippen LogP contribution in [-0.2, 0) is 11.5 Å². The second kappa shape index (κ2) is 7.61. The van der Waals surface area contributed by atoms with E-state index in [0.29, 0.717) is 12.4 Å². The molecule has 27 heavy (non-hydrogen) atoms. The predicted octanol–water partition coefficient (Wildman–Crippen LogP) is 2.85. The van der Waals surface area contributed by atoms with Crippen molar-refractivity contribution in [2.75, 3.05) is 31.3 Å². The van der Waals surface area contributed by atoms with Crippen molar-refractivity contribution in [2.24, 2.45) is 0 Å². The molecule has 9 heteroatoms. The Labute approximate surface area is 160 Å². The third-order valence-electron chi connectivity index (χ3n) is 4.22. The minimum atomic E-state index is -1.13. The van der Waals surface area contributed by atoms with Gasteiger partial charge in [-0.1, -0.05) is 19.6 Å². The highest BCUT2D eigenvalue weighted by molar-refractivity contribution is 6.76. The number of nitrogens with two attached hydrogens (primary N) is 1. The van der Waals surface area contributed by atoms with E-state index >= 15 is 0 Å². The van der Waals surface area contributed by atoms with Crippen molar-refractivity contribution in [3.05, 3.63) is 24.5 Å². The fourth-order valence-corrected chi connectivity index (χ4v) is 3.52. The first-order valence-corrected chi connectivity index (χ1v) is 12.7. The SMILES string of the molecule is CN(C)c1ccnc2c1c(-c1ccnc(N)n1)nn2COCC[Si](C)(C)C. The summed E-state index contributed by atoms with van der Waals surface area (Å²) in [5.74, 6) is 0.219. The van der Waals surface area contributed by atoms with Gasteiger partial charge in [-0.15, -0.1) is 0 Å². The van der Waals surface area contributed by atoms with Gasteiger partial charge in [0.05, 0.1) is 16.8 Å². The summed E-state index contributed by atoms with van der Waals surface area (Å²) in [4.78, 5) is 14.9. The molecule has 0 spiro atoms. The average molecular weight is 386 g/mol. The number of hydrogen-bond donors (Lipinski definition) is 1. The van der Waals surface area contributed by atoms with Crippen LogP contribution in [-0.4, -0.2) is 53.5 Å². The first-order chi connectivity index (χ1) is 12.8. The quantitative estimate of drug-likeness (QED) is 0.493. The summed E-state index contributed by atoms with van der Waals surface area (Å²) < 4.78 is 7.69. The number of aromatic nitrogens is 5. The zero-order valence-corrected chi connectivity index (χ0v) is 17.6. The summed E-state index contributed by atoms with van der Waals surface area (Å²) in [5, 5.41) is 5.67. The Hall–Kier alpha value is -2.52. The minimum Gasteiger partial charge on any atom is -0.377 e. The molecule has 144 valence electrons. The first kappa shape index (κ1) is 19.2. The molecular formula is C18H27N7OSi. The summed E-state index contributed by atoms with van der Waals surface area (Å²) in [7, 11) is 2.85. The van der Waals surface area contributed by atoms with Gasteiger partial charge in [-0.25, -0.2) is 19.6 Å². The van der Waals surface area contributed by atoms with E-state index in [0.717, 1.165) is 35.1 Å². The third kappa shape index (κ3) is 4.42. The number of hydrogen-bond acceptors (Lipinski definition) is 7. The molecule has 8 nitrogen and oxygen atoms in total. The van der Waals surface area contributed by atoms with E-state index < -0.39 is 8.07 Å². The van der Waals surface area contributed by atoms with Crippen molar-refractivity contribution < 1.29 is 4.74 Å². The molecule has 0 aliphatic heterocycles. The molecule has 0 unspecified atom stereocenters. The molecule has 2 N–H and O–H groups in total. The van der Waals surface area contributed by atoms with E-state index in [1.54, 1.807) is 23.1 Å². The molecule has 3 heterocycles. The predicted molar refractivity (Wildman–Crippen MR) is 111 cm³/mol. The number of nitrogens with zero attached hydrogens (tertiary/aromatic N) is 6. The lowest BCUT2D eigenvalue weighted by Gasteiger charge is -2.15. The lowest BCUT2D eigenvalue weighted by Crippen LogP contribution is -2.22. The molecule has 0 saturated carbocycles. The molecule has 3 rings (SSSR count). The first-order valence-electron chi connectivity index (χ1n) is 8.96. The normalized spacial score (nSPS) is 11.9. The van der Waals surface area contributed by atoms with Crippen LogP contribution in [0.5, 0.6) is 0 Å². The summed E-state index contributed by atoms with van der Waals surface area (Å²) in [6.45, 7) is 8.08. The molecule has 0 fully saturated rings. The van der Waals surface area contributed by atoms with Crippen LogP contribution in [0.2, 0.25) is 25.7 Å². The van der Waals surface area contributed by atoms with Crippen molar-refractivity contribution >= 4 is 30.7 Å². The topological polar surface area (TPSA) is 95.0 Å². The highest BCUT2D eigenvalue weighted by Gasteiger charge is 2.19. The van der Waals surface area contributed by atoms with Gasteiger partial charge in [0.15, 0.2) is 5.65 Å². The summed E-state index contributed by atoms with van der Waals surface area (Å²) in [5.41, 5.74) is 8.96. The number of nitrogen functional groups attached to an aromatic ring is 1. The molecule has 0 saturated heterocycles. The molecule has 0 aliphatic carbocycles. The second-order valence-corrected chi connectivity index (χ2v) is 13.5. The fourth-order valence-electron chi connectivity index (χ4n) is 2.76. The van der Waals surface area contributed by atoms with Crippen LogP contribution in [0, 0.1) is 0 Å². The van der Waals surface area contributed by atoms with Crippen LogP contribution < -0.4 is 10.6 Å². The maximum Gasteiger partial charge on any atom is 0.220 e. The number of ether oxygens (including phenoxy) is 1. The van der Waals surface area contributed by atoms with E-state index in [4.69, 9.17) is 15.6 Å². The molecule has 0 amide bonds. The third-order valence-corrected chi connectivity index (χ3v) is 5.92. The van der Waals surface area contributed by atoms with Gasteiger partial charge in [-0.2, -0.15) is 5.10 Å². The zero-order valence-electron chi connectivity index (χ0n) is 16.6. The molecular weight excluding hydrogens is 358 g/mol.